The predicted molar refractivity (Wildman–Crippen MR) is 67.8 cm³/mol. The monoisotopic (exact) mass is 229 g/mol. The van der Waals surface area contributed by atoms with Crippen molar-refractivity contribution in [3.63, 3.8) is 0 Å². The van der Waals surface area contributed by atoms with Gasteiger partial charge >= 0.3 is 0 Å². The minimum atomic E-state index is 0.0978. The second-order valence-corrected chi connectivity index (χ2v) is 3.43. The molecule has 2 N–H and O–H groups in total. The summed E-state index contributed by atoms with van der Waals surface area (Å²) in [5, 5.41) is 12.6. The number of aromatic hydroxyl groups is 1. The Balaban J connectivity index is 2.56. The second kappa shape index (κ2) is 7.22. The van der Waals surface area contributed by atoms with E-state index in [4.69, 9.17) is 17.6 Å². The number of hydrogen-bond donors (Lipinski definition) is 2. The summed E-state index contributed by atoms with van der Waals surface area (Å²) in [4.78, 5) is 0. The van der Waals surface area contributed by atoms with E-state index < -0.39 is 0 Å². The van der Waals surface area contributed by atoms with Crippen LogP contribution in [0.3, 0.4) is 0 Å². The first-order chi connectivity index (χ1) is 8.27. The zero-order valence-electron chi connectivity index (χ0n) is 9.57. The molecule has 0 fully saturated rings. The standard InChI is InChI=1S/C14H15NO2/c1-3-8-15-9-7-12-5-6-13(16)14(11-12)17-10-4-2/h1-2,5-6,11,15-16H,7-10H2. The van der Waals surface area contributed by atoms with Crippen molar-refractivity contribution >= 4 is 0 Å². The van der Waals surface area contributed by atoms with Crippen molar-refractivity contribution in [2.75, 3.05) is 19.7 Å². The Morgan fingerprint density at radius 3 is 2.82 bits per heavy atom. The van der Waals surface area contributed by atoms with Gasteiger partial charge in [-0.3, -0.25) is 0 Å². The highest BCUT2D eigenvalue weighted by molar-refractivity contribution is 5.42. The van der Waals surface area contributed by atoms with E-state index >= 15 is 0 Å². The molecule has 0 aliphatic rings. The molecule has 0 bridgehead atoms. The molecular formula is C14H15NO2. The molecule has 0 spiro atoms. The van der Waals surface area contributed by atoms with Crippen LogP contribution >= 0.6 is 0 Å². The fraction of sp³-hybridized carbons (Fsp3) is 0.286. The van der Waals surface area contributed by atoms with Crippen LogP contribution in [-0.4, -0.2) is 24.8 Å². The number of rotatable bonds is 6. The topological polar surface area (TPSA) is 41.5 Å². The van der Waals surface area contributed by atoms with Crippen molar-refractivity contribution in [1.82, 2.24) is 5.32 Å². The van der Waals surface area contributed by atoms with Gasteiger partial charge in [0.2, 0.25) is 0 Å². The van der Waals surface area contributed by atoms with Crippen LogP contribution in [-0.2, 0) is 6.42 Å². The largest absolute Gasteiger partial charge is 0.504 e. The minimum absolute atomic E-state index is 0.0978. The summed E-state index contributed by atoms with van der Waals surface area (Å²) in [7, 11) is 0. The van der Waals surface area contributed by atoms with Gasteiger partial charge in [0.15, 0.2) is 11.5 Å². The lowest BCUT2D eigenvalue weighted by atomic mass is 10.1. The first kappa shape index (κ1) is 13.0. The summed E-state index contributed by atoms with van der Waals surface area (Å²) >= 11 is 0. The van der Waals surface area contributed by atoms with Gasteiger partial charge in [-0.05, 0) is 24.1 Å². The van der Waals surface area contributed by atoms with Crippen LogP contribution in [0.4, 0.5) is 0 Å². The molecule has 0 unspecified atom stereocenters. The number of nitrogens with one attached hydrogen (secondary N) is 1. The quantitative estimate of drug-likeness (QED) is 0.568. The van der Waals surface area contributed by atoms with Crippen LogP contribution < -0.4 is 10.1 Å². The van der Waals surface area contributed by atoms with Crippen molar-refractivity contribution in [3.8, 4) is 36.2 Å². The van der Waals surface area contributed by atoms with E-state index in [0.29, 0.717) is 12.3 Å². The van der Waals surface area contributed by atoms with E-state index in [-0.39, 0.29) is 12.4 Å². The lowest BCUT2D eigenvalue weighted by Crippen LogP contribution is -2.17. The Kier molecular flexibility index (Phi) is 5.51. The minimum Gasteiger partial charge on any atom is -0.504 e. The highest BCUT2D eigenvalue weighted by atomic mass is 16.5. The Morgan fingerprint density at radius 1 is 1.29 bits per heavy atom. The number of hydrogen-bond acceptors (Lipinski definition) is 3. The molecule has 0 aromatic heterocycles. The van der Waals surface area contributed by atoms with Crippen LogP contribution in [0.5, 0.6) is 11.5 Å². The molecule has 88 valence electrons. The van der Waals surface area contributed by atoms with Crippen molar-refractivity contribution in [2.45, 2.75) is 6.42 Å². The Labute approximate surface area is 102 Å². The number of ether oxygens (including phenoxy) is 1. The molecule has 0 amide bonds. The third-order valence-corrected chi connectivity index (χ3v) is 2.15. The van der Waals surface area contributed by atoms with E-state index in [2.05, 4.69) is 17.2 Å². The van der Waals surface area contributed by atoms with Crippen molar-refractivity contribution < 1.29 is 9.84 Å². The number of phenols is 1. The first-order valence-electron chi connectivity index (χ1n) is 5.30. The van der Waals surface area contributed by atoms with Crippen LogP contribution in [0.15, 0.2) is 18.2 Å². The molecule has 17 heavy (non-hydrogen) atoms. The third-order valence-electron chi connectivity index (χ3n) is 2.15. The number of terminal acetylenes is 2. The molecule has 0 heterocycles. The summed E-state index contributed by atoms with van der Waals surface area (Å²) < 4.78 is 5.22. The smallest absolute Gasteiger partial charge is 0.162 e. The average molecular weight is 229 g/mol. The molecule has 1 aromatic rings. The van der Waals surface area contributed by atoms with E-state index in [0.717, 1.165) is 18.5 Å². The fourth-order valence-electron chi connectivity index (χ4n) is 1.34. The normalized spacial score (nSPS) is 9.29. The highest BCUT2D eigenvalue weighted by Crippen LogP contribution is 2.26. The lowest BCUT2D eigenvalue weighted by molar-refractivity contribution is 0.341. The van der Waals surface area contributed by atoms with Crippen LogP contribution in [0.1, 0.15) is 5.56 Å². The molecule has 1 aromatic carbocycles. The van der Waals surface area contributed by atoms with Gasteiger partial charge in [0, 0.05) is 6.54 Å². The maximum Gasteiger partial charge on any atom is 0.162 e. The maximum atomic E-state index is 9.54. The van der Waals surface area contributed by atoms with E-state index in [1.54, 1.807) is 12.1 Å². The summed E-state index contributed by atoms with van der Waals surface area (Å²) in [5.74, 6) is 5.37. The highest BCUT2D eigenvalue weighted by Gasteiger charge is 2.03. The summed E-state index contributed by atoms with van der Waals surface area (Å²) in [5.41, 5.74) is 1.05. The first-order valence-corrected chi connectivity index (χ1v) is 5.30. The lowest BCUT2D eigenvalue weighted by Gasteiger charge is -2.08. The Morgan fingerprint density at radius 2 is 2.12 bits per heavy atom. The summed E-state index contributed by atoms with van der Waals surface area (Å²) in [6.45, 7) is 1.48. The van der Waals surface area contributed by atoms with Gasteiger partial charge in [-0.15, -0.1) is 12.8 Å². The molecule has 0 aliphatic carbocycles. The van der Waals surface area contributed by atoms with E-state index in [1.807, 2.05) is 6.07 Å². The van der Waals surface area contributed by atoms with Crippen molar-refractivity contribution in [2.24, 2.45) is 0 Å². The van der Waals surface area contributed by atoms with Crippen molar-refractivity contribution in [3.05, 3.63) is 23.8 Å². The van der Waals surface area contributed by atoms with Gasteiger partial charge in [0.1, 0.15) is 6.61 Å². The van der Waals surface area contributed by atoms with Crippen LogP contribution in [0.25, 0.3) is 0 Å². The number of phenolic OH excluding ortho intramolecular Hbond substituents is 1. The van der Waals surface area contributed by atoms with Gasteiger partial charge in [0.25, 0.3) is 0 Å². The fourth-order valence-corrected chi connectivity index (χ4v) is 1.34. The molecule has 0 saturated heterocycles. The van der Waals surface area contributed by atoms with Gasteiger partial charge in [-0.2, -0.15) is 0 Å². The van der Waals surface area contributed by atoms with E-state index in [1.165, 1.54) is 0 Å². The second-order valence-electron chi connectivity index (χ2n) is 3.43. The maximum absolute atomic E-state index is 9.54. The third kappa shape index (κ3) is 4.51. The van der Waals surface area contributed by atoms with E-state index in [9.17, 15) is 5.11 Å². The van der Waals surface area contributed by atoms with Crippen LogP contribution in [0.2, 0.25) is 0 Å². The summed E-state index contributed by atoms with van der Waals surface area (Å²) in [6.07, 6.45) is 11.0. The molecular weight excluding hydrogens is 214 g/mol. The zero-order valence-corrected chi connectivity index (χ0v) is 9.57. The van der Waals surface area contributed by atoms with Crippen LogP contribution in [0, 0.1) is 24.7 Å². The molecule has 0 saturated carbocycles. The zero-order chi connectivity index (χ0) is 12.5. The molecule has 0 atom stereocenters. The number of benzene rings is 1. The molecule has 0 radical (unpaired) electrons. The predicted octanol–water partition coefficient (Wildman–Crippen LogP) is 1.17. The Bertz CT molecular complexity index is 441. The average Bonchev–Trinajstić information content (AvgIpc) is 2.35. The van der Waals surface area contributed by atoms with Gasteiger partial charge in [-0.1, -0.05) is 17.9 Å². The van der Waals surface area contributed by atoms with Gasteiger partial charge in [-0.25, -0.2) is 0 Å². The van der Waals surface area contributed by atoms with Crippen molar-refractivity contribution in [1.29, 1.82) is 0 Å². The molecule has 0 aliphatic heterocycles. The molecule has 3 nitrogen and oxygen atoms in total. The summed E-state index contributed by atoms with van der Waals surface area (Å²) in [6, 6.07) is 5.22. The Hall–Kier alpha value is -2.10. The van der Waals surface area contributed by atoms with Gasteiger partial charge in [0.05, 0.1) is 6.54 Å². The molecule has 3 heteroatoms. The SMILES string of the molecule is C#CCNCCc1ccc(O)c(OCC#C)c1. The van der Waals surface area contributed by atoms with Gasteiger partial charge < -0.3 is 15.2 Å². The molecule has 1 rings (SSSR count).